The summed E-state index contributed by atoms with van der Waals surface area (Å²) in [5.74, 6) is -0.0624. The van der Waals surface area contributed by atoms with Crippen molar-refractivity contribution in [2.45, 2.75) is 0 Å². The monoisotopic (exact) mass is 323 g/mol. The molecule has 0 fully saturated rings. The molecule has 2 aromatic rings. The van der Waals surface area contributed by atoms with E-state index in [-0.39, 0.29) is 0 Å². The fraction of sp³-hybridized carbons (Fsp3) is 0.0714. The van der Waals surface area contributed by atoms with Gasteiger partial charge < -0.3 is 4.74 Å². The molecule has 1 aromatic carbocycles. The first-order valence-corrected chi connectivity index (χ1v) is 6.65. The molecule has 0 bridgehead atoms. The van der Waals surface area contributed by atoms with Crippen molar-refractivity contribution in [3.05, 3.63) is 57.7 Å². The molecule has 2 rings (SSSR count). The van der Waals surface area contributed by atoms with E-state index in [1.165, 1.54) is 19.5 Å². The molecule has 0 spiro atoms. The summed E-state index contributed by atoms with van der Waals surface area (Å²) in [5, 5.41) is 4.79. The van der Waals surface area contributed by atoms with Crippen LogP contribution in [0.15, 0.2) is 41.6 Å². The van der Waals surface area contributed by atoms with Crippen molar-refractivity contribution in [2.24, 2.45) is 5.10 Å². The van der Waals surface area contributed by atoms with Crippen molar-refractivity contribution in [3.63, 3.8) is 0 Å². The number of nitrogens with one attached hydrogen (secondary N) is 1. The summed E-state index contributed by atoms with van der Waals surface area (Å²) >= 11 is 11.7. The van der Waals surface area contributed by atoms with Crippen molar-refractivity contribution in [1.82, 2.24) is 4.98 Å². The molecular weight excluding hydrogens is 313 g/mol. The summed E-state index contributed by atoms with van der Waals surface area (Å²) in [5.41, 5.74) is 3.72. The predicted octanol–water partition coefficient (Wildman–Crippen LogP) is 3.62. The van der Waals surface area contributed by atoms with Gasteiger partial charge in [0.1, 0.15) is 0 Å². The van der Waals surface area contributed by atoms with Crippen LogP contribution >= 0.6 is 23.2 Å². The standard InChI is InChI=1S/C14H11Cl2N3O2/c1-21-14(20)11-5-3-2-4-9(11)7-18-19-13-12(16)6-10(15)8-17-13/h2-8H,1H3,(H,17,19)/b18-7-. The SMILES string of the molecule is COC(=O)c1ccccc1/C=N\Nc1ncc(Cl)cc1Cl. The molecule has 0 saturated carbocycles. The van der Waals surface area contributed by atoms with Crippen LogP contribution in [0.3, 0.4) is 0 Å². The van der Waals surface area contributed by atoms with Crippen LogP contribution in [0, 0.1) is 0 Å². The van der Waals surface area contributed by atoms with Gasteiger partial charge in [-0.15, -0.1) is 0 Å². The molecule has 108 valence electrons. The fourth-order valence-corrected chi connectivity index (χ4v) is 1.99. The van der Waals surface area contributed by atoms with Crippen molar-refractivity contribution in [1.29, 1.82) is 0 Å². The van der Waals surface area contributed by atoms with E-state index >= 15 is 0 Å². The Morgan fingerprint density at radius 3 is 2.86 bits per heavy atom. The third kappa shape index (κ3) is 3.93. The lowest BCUT2D eigenvalue weighted by molar-refractivity contribution is 0.0600. The normalized spacial score (nSPS) is 10.6. The summed E-state index contributed by atoms with van der Waals surface area (Å²) < 4.78 is 4.70. The molecule has 1 N–H and O–H groups in total. The molecule has 0 unspecified atom stereocenters. The Bertz CT molecular complexity index is 690. The topological polar surface area (TPSA) is 63.6 Å². The van der Waals surface area contributed by atoms with Gasteiger partial charge in [0.25, 0.3) is 0 Å². The number of anilines is 1. The fourth-order valence-electron chi connectivity index (χ4n) is 1.57. The summed E-state index contributed by atoms with van der Waals surface area (Å²) in [6.45, 7) is 0. The van der Waals surface area contributed by atoms with Crippen LogP contribution in [0.5, 0.6) is 0 Å². The Morgan fingerprint density at radius 1 is 1.38 bits per heavy atom. The first-order chi connectivity index (χ1) is 10.1. The molecule has 0 aliphatic heterocycles. The number of benzene rings is 1. The largest absolute Gasteiger partial charge is 0.465 e. The smallest absolute Gasteiger partial charge is 0.338 e. The molecule has 0 atom stereocenters. The van der Waals surface area contributed by atoms with E-state index in [4.69, 9.17) is 27.9 Å². The Balaban J connectivity index is 2.17. The number of methoxy groups -OCH3 is 1. The van der Waals surface area contributed by atoms with Gasteiger partial charge in [-0.3, -0.25) is 5.43 Å². The zero-order valence-electron chi connectivity index (χ0n) is 11.0. The van der Waals surface area contributed by atoms with Crippen molar-refractivity contribution in [2.75, 3.05) is 12.5 Å². The first-order valence-electron chi connectivity index (χ1n) is 5.89. The van der Waals surface area contributed by atoms with Gasteiger partial charge in [-0.25, -0.2) is 9.78 Å². The third-order valence-electron chi connectivity index (χ3n) is 2.55. The molecule has 0 aliphatic carbocycles. The van der Waals surface area contributed by atoms with Crippen LogP contribution in [0.4, 0.5) is 5.82 Å². The van der Waals surface area contributed by atoms with E-state index in [1.807, 2.05) is 0 Å². The van der Waals surface area contributed by atoms with E-state index in [9.17, 15) is 4.79 Å². The zero-order chi connectivity index (χ0) is 15.2. The molecule has 1 heterocycles. The molecular formula is C14H11Cl2N3O2. The third-order valence-corrected chi connectivity index (χ3v) is 3.04. The molecule has 0 aliphatic rings. The van der Waals surface area contributed by atoms with E-state index in [0.717, 1.165) is 0 Å². The Labute approximate surface area is 131 Å². The van der Waals surface area contributed by atoms with Gasteiger partial charge in [0, 0.05) is 11.8 Å². The second-order valence-electron chi connectivity index (χ2n) is 3.93. The van der Waals surface area contributed by atoms with Gasteiger partial charge in [0.2, 0.25) is 0 Å². The number of esters is 1. The highest BCUT2D eigenvalue weighted by atomic mass is 35.5. The Morgan fingerprint density at radius 2 is 2.14 bits per heavy atom. The predicted molar refractivity (Wildman–Crippen MR) is 83.3 cm³/mol. The molecule has 0 saturated heterocycles. The van der Waals surface area contributed by atoms with E-state index in [1.54, 1.807) is 30.3 Å². The highest BCUT2D eigenvalue weighted by molar-refractivity contribution is 6.35. The minimum Gasteiger partial charge on any atom is -0.465 e. The number of hydrogen-bond donors (Lipinski definition) is 1. The van der Waals surface area contributed by atoms with E-state index < -0.39 is 5.97 Å². The first kappa shape index (κ1) is 15.3. The number of carbonyl (C=O) groups is 1. The zero-order valence-corrected chi connectivity index (χ0v) is 12.5. The summed E-state index contributed by atoms with van der Waals surface area (Å²) in [7, 11) is 1.33. The van der Waals surface area contributed by atoms with Crippen molar-refractivity contribution >= 4 is 41.2 Å². The lowest BCUT2D eigenvalue weighted by Crippen LogP contribution is -2.05. The molecule has 0 radical (unpaired) electrons. The second-order valence-corrected chi connectivity index (χ2v) is 4.78. The van der Waals surface area contributed by atoms with Crippen LogP contribution in [0.25, 0.3) is 0 Å². The van der Waals surface area contributed by atoms with Gasteiger partial charge >= 0.3 is 5.97 Å². The number of halogens is 2. The minimum absolute atomic E-state index is 0.348. The average molecular weight is 324 g/mol. The lowest BCUT2D eigenvalue weighted by Gasteiger charge is -2.04. The number of nitrogens with zero attached hydrogens (tertiary/aromatic N) is 2. The average Bonchev–Trinajstić information content (AvgIpc) is 2.49. The maximum Gasteiger partial charge on any atom is 0.338 e. The Kier molecular flexibility index (Phi) is 5.14. The highest BCUT2D eigenvalue weighted by Crippen LogP contribution is 2.22. The van der Waals surface area contributed by atoms with Crippen molar-refractivity contribution < 1.29 is 9.53 Å². The number of ether oxygens (including phenoxy) is 1. The summed E-state index contributed by atoms with van der Waals surface area (Å²) in [6.07, 6.45) is 2.94. The number of rotatable bonds is 4. The summed E-state index contributed by atoms with van der Waals surface area (Å²) in [6, 6.07) is 8.49. The Hall–Kier alpha value is -2.11. The molecule has 21 heavy (non-hydrogen) atoms. The lowest BCUT2D eigenvalue weighted by atomic mass is 10.1. The van der Waals surface area contributed by atoms with Crippen LogP contribution in [-0.2, 0) is 4.74 Å². The van der Waals surface area contributed by atoms with Crippen LogP contribution in [-0.4, -0.2) is 24.3 Å². The van der Waals surface area contributed by atoms with Gasteiger partial charge in [-0.05, 0) is 12.1 Å². The molecule has 7 heteroatoms. The molecule has 0 amide bonds. The number of hydrogen-bond acceptors (Lipinski definition) is 5. The molecule has 5 nitrogen and oxygen atoms in total. The van der Waals surface area contributed by atoms with Gasteiger partial charge in [-0.2, -0.15) is 5.10 Å². The maximum absolute atomic E-state index is 11.6. The van der Waals surface area contributed by atoms with Crippen LogP contribution < -0.4 is 5.43 Å². The number of carbonyl (C=O) groups excluding carboxylic acids is 1. The van der Waals surface area contributed by atoms with Crippen LogP contribution in [0.1, 0.15) is 15.9 Å². The quantitative estimate of drug-likeness (QED) is 0.530. The van der Waals surface area contributed by atoms with Crippen molar-refractivity contribution in [3.8, 4) is 0 Å². The van der Waals surface area contributed by atoms with Gasteiger partial charge in [0.15, 0.2) is 5.82 Å². The summed E-state index contributed by atoms with van der Waals surface area (Å²) in [4.78, 5) is 15.6. The number of hydrazone groups is 1. The second kappa shape index (κ2) is 7.06. The van der Waals surface area contributed by atoms with Gasteiger partial charge in [-0.1, -0.05) is 41.4 Å². The molecule has 1 aromatic heterocycles. The van der Waals surface area contributed by atoms with E-state index in [0.29, 0.717) is 27.0 Å². The number of aromatic nitrogens is 1. The van der Waals surface area contributed by atoms with E-state index in [2.05, 4.69) is 15.5 Å². The van der Waals surface area contributed by atoms with Gasteiger partial charge in [0.05, 0.1) is 28.9 Å². The van der Waals surface area contributed by atoms with Crippen LogP contribution in [0.2, 0.25) is 10.0 Å². The number of pyridine rings is 1. The minimum atomic E-state index is -0.431. The maximum atomic E-state index is 11.6. The highest BCUT2D eigenvalue weighted by Gasteiger charge is 2.09.